The normalized spacial score (nSPS) is 18.2. The quantitative estimate of drug-likeness (QED) is 0.836. The molecule has 1 amide bonds. The second-order valence-electron chi connectivity index (χ2n) is 5.23. The molecule has 3 heteroatoms. The summed E-state index contributed by atoms with van der Waals surface area (Å²) in [6.45, 7) is 4.01. The molecule has 0 heterocycles. The minimum atomic E-state index is -0.151. The number of likely N-dealkylation sites (N-methyl/N-ethyl adjacent to an activating group) is 1. The van der Waals surface area contributed by atoms with Crippen molar-refractivity contribution in [2.45, 2.75) is 38.8 Å². The van der Waals surface area contributed by atoms with Crippen LogP contribution in [0.1, 0.15) is 36.9 Å². The molecule has 0 aromatic heterocycles. The predicted molar refractivity (Wildman–Crippen MR) is 73.3 cm³/mol. The van der Waals surface area contributed by atoms with E-state index in [1.165, 1.54) is 24.0 Å². The second-order valence-corrected chi connectivity index (χ2v) is 5.23. The third-order valence-electron chi connectivity index (χ3n) is 3.60. The number of hydrogen-bond donors (Lipinski definition) is 2. The van der Waals surface area contributed by atoms with Crippen LogP contribution in [0.2, 0.25) is 0 Å². The minimum absolute atomic E-state index is 0.0489. The van der Waals surface area contributed by atoms with Gasteiger partial charge < -0.3 is 5.32 Å². The molecule has 98 valence electrons. The lowest BCUT2D eigenvalue weighted by atomic mass is 10.00. The summed E-state index contributed by atoms with van der Waals surface area (Å²) < 4.78 is 0. The average Bonchev–Trinajstić information content (AvgIpc) is 3.20. The van der Waals surface area contributed by atoms with Crippen LogP contribution in [0.15, 0.2) is 24.3 Å². The van der Waals surface area contributed by atoms with E-state index in [4.69, 9.17) is 0 Å². The Hall–Kier alpha value is -1.35. The molecule has 0 radical (unpaired) electrons. The van der Waals surface area contributed by atoms with Crippen molar-refractivity contribution >= 4 is 5.91 Å². The van der Waals surface area contributed by atoms with Crippen molar-refractivity contribution in [2.24, 2.45) is 5.92 Å². The summed E-state index contributed by atoms with van der Waals surface area (Å²) in [6.07, 6.45) is 2.51. The van der Waals surface area contributed by atoms with Crippen molar-refractivity contribution in [3.63, 3.8) is 0 Å². The first-order chi connectivity index (χ1) is 8.61. The number of carbonyl (C=O) groups is 1. The molecule has 2 rings (SSSR count). The van der Waals surface area contributed by atoms with E-state index < -0.39 is 0 Å². The van der Waals surface area contributed by atoms with Gasteiger partial charge in [-0.05, 0) is 38.2 Å². The van der Waals surface area contributed by atoms with Crippen LogP contribution in [0, 0.1) is 12.8 Å². The van der Waals surface area contributed by atoms with Crippen molar-refractivity contribution in [1.82, 2.24) is 10.6 Å². The Morgan fingerprint density at radius 1 is 1.28 bits per heavy atom. The lowest BCUT2D eigenvalue weighted by Gasteiger charge is -2.23. The number of rotatable bonds is 5. The molecule has 1 aromatic rings. The first-order valence-corrected chi connectivity index (χ1v) is 6.66. The van der Waals surface area contributed by atoms with E-state index in [9.17, 15) is 4.79 Å². The first kappa shape index (κ1) is 13.1. The predicted octanol–water partition coefficient (Wildman–Crippen LogP) is 2.17. The summed E-state index contributed by atoms with van der Waals surface area (Å²) in [4.78, 5) is 11.6. The first-order valence-electron chi connectivity index (χ1n) is 6.66. The number of hydrogen-bond acceptors (Lipinski definition) is 2. The minimum Gasteiger partial charge on any atom is -0.358 e. The zero-order chi connectivity index (χ0) is 13.1. The van der Waals surface area contributed by atoms with Crippen molar-refractivity contribution < 1.29 is 4.79 Å². The molecule has 1 fully saturated rings. The van der Waals surface area contributed by atoms with E-state index in [1.807, 2.05) is 6.92 Å². The SMILES string of the molecule is CNC(=O)C(C)NC(c1ccc(C)cc1)C1CC1. The largest absolute Gasteiger partial charge is 0.358 e. The zero-order valence-electron chi connectivity index (χ0n) is 11.4. The molecule has 1 aliphatic carbocycles. The van der Waals surface area contributed by atoms with E-state index in [0.717, 1.165) is 0 Å². The van der Waals surface area contributed by atoms with Crippen molar-refractivity contribution in [3.8, 4) is 0 Å². The Morgan fingerprint density at radius 2 is 1.89 bits per heavy atom. The summed E-state index contributed by atoms with van der Waals surface area (Å²) in [5, 5.41) is 6.14. The van der Waals surface area contributed by atoms with Crippen LogP contribution < -0.4 is 10.6 Å². The van der Waals surface area contributed by atoms with Crippen molar-refractivity contribution in [1.29, 1.82) is 0 Å². The third-order valence-corrected chi connectivity index (χ3v) is 3.60. The molecule has 2 unspecified atom stereocenters. The van der Waals surface area contributed by atoms with Gasteiger partial charge in [-0.2, -0.15) is 0 Å². The molecule has 0 saturated heterocycles. The zero-order valence-corrected chi connectivity index (χ0v) is 11.4. The Morgan fingerprint density at radius 3 is 2.39 bits per heavy atom. The lowest BCUT2D eigenvalue weighted by Crippen LogP contribution is -2.42. The maximum Gasteiger partial charge on any atom is 0.236 e. The van der Waals surface area contributed by atoms with Crippen LogP contribution in [0.4, 0.5) is 0 Å². The molecule has 0 spiro atoms. The molecule has 1 aromatic carbocycles. The molecule has 0 bridgehead atoms. The summed E-state index contributed by atoms with van der Waals surface area (Å²) >= 11 is 0. The molecule has 3 nitrogen and oxygen atoms in total. The monoisotopic (exact) mass is 246 g/mol. The van der Waals surface area contributed by atoms with Crippen LogP contribution in [0.3, 0.4) is 0 Å². The van der Waals surface area contributed by atoms with Crippen LogP contribution in [0.25, 0.3) is 0 Å². The Bertz CT molecular complexity index is 409. The Labute approximate surface area is 109 Å². The second kappa shape index (κ2) is 5.53. The van der Waals surface area contributed by atoms with Gasteiger partial charge in [0.2, 0.25) is 5.91 Å². The van der Waals surface area contributed by atoms with Gasteiger partial charge in [0.15, 0.2) is 0 Å². The lowest BCUT2D eigenvalue weighted by molar-refractivity contribution is -0.122. The third kappa shape index (κ3) is 3.10. The number of aryl methyl sites for hydroxylation is 1. The van der Waals surface area contributed by atoms with Crippen LogP contribution in [-0.4, -0.2) is 19.0 Å². The fraction of sp³-hybridized carbons (Fsp3) is 0.533. The van der Waals surface area contributed by atoms with Crippen LogP contribution >= 0.6 is 0 Å². The van der Waals surface area contributed by atoms with Crippen LogP contribution in [0.5, 0.6) is 0 Å². The number of amides is 1. The highest BCUT2D eigenvalue weighted by molar-refractivity contribution is 5.81. The van der Waals surface area contributed by atoms with Gasteiger partial charge in [-0.25, -0.2) is 0 Å². The van der Waals surface area contributed by atoms with Gasteiger partial charge in [0.1, 0.15) is 0 Å². The number of benzene rings is 1. The van der Waals surface area contributed by atoms with E-state index in [2.05, 4.69) is 41.8 Å². The molecule has 18 heavy (non-hydrogen) atoms. The summed E-state index contributed by atoms with van der Waals surface area (Å²) in [5.74, 6) is 0.729. The van der Waals surface area contributed by atoms with E-state index in [-0.39, 0.29) is 11.9 Å². The Kier molecular flexibility index (Phi) is 4.02. The fourth-order valence-electron chi connectivity index (χ4n) is 2.27. The maximum atomic E-state index is 11.6. The number of nitrogens with one attached hydrogen (secondary N) is 2. The molecule has 2 N–H and O–H groups in total. The molecule has 2 atom stereocenters. The molecule has 1 aliphatic rings. The summed E-state index contributed by atoms with van der Waals surface area (Å²) in [5.41, 5.74) is 2.56. The van der Waals surface area contributed by atoms with Crippen molar-refractivity contribution in [3.05, 3.63) is 35.4 Å². The summed E-state index contributed by atoms with van der Waals surface area (Å²) in [7, 11) is 1.68. The highest BCUT2D eigenvalue weighted by atomic mass is 16.2. The van der Waals surface area contributed by atoms with E-state index in [0.29, 0.717) is 12.0 Å². The fourth-order valence-corrected chi connectivity index (χ4v) is 2.27. The van der Waals surface area contributed by atoms with E-state index >= 15 is 0 Å². The maximum absolute atomic E-state index is 11.6. The van der Waals surface area contributed by atoms with Gasteiger partial charge in [0.05, 0.1) is 6.04 Å². The van der Waals surface area contributed by atoms with E-state index in [1.54, 1.807) is 7.05 Å². The average molecular weight is 246 g/mol. The topological polar surface area (TPSA) is 41.1 Å². The van der Waals surface area contributed by atoms with Gasteiger partial charge in [0.25, 0.3) is 0 Å². The smallest absolute Gasteiger partial charge is 0.236 e. The van der Waals surface area contributed by atoms with Crippen LogP contribution in [-0.2, 0) is 4.79 Å². The molecular formula is C15H22N2O. The standard InChI is InChI=1S/C15H22N2O/c1-10-4-6-12(7-5-10)14(13-8-9-13)17-11(2)15(18)16-3/h4-7,11,13-14,17H,8-9H2,1-3H3,(H,16,18). The van der Waals surface area contributed by atoms with Gasteiger partial charge >= 0.3 is 0 Å². The van der Waals surface area contributed by atoms with Gasteiger partial charge in [-0.3, -0.25) is 10.1 Å². The molecule has 0 aliphatic heterocycles. The highest BCUT2D eigenvalue weighted by Crippen LogP contribution is 2.41. The van der Waals surface area contributed by atoms with Gasteiger partial charge in [0, 0.05) is 13.1 Å². The molecular weight excluding hydrogens is 224 g/mol. The Balaban J connectivity index is 2.09. The van der Waals surface area contributed by atoms with Gasteiger partial charge in [-0.15, -0.1) is 0 Å². The van der Waals surface area contributed by atoms with Crippen molar-refractivity contribution in [2.75, 3.05) is 7.05 Å². The highest BCUT2D eigenvalue weighted by Gasteiger charge is 2.33. The van der Waals surface area contributed by atoms with Gasteiger partial charge in [-0.1, -0.05) is 29.8 Å². The molecule has 1 saturated carbocycles. The number of carbonyl (C=O) groups excluding carboxylic acids is 1. The summed E-state index contributed by atoms with van der Waals surface area (Å²) in [6, 6.07) is 8.76.